The second kappa shape index (κ2) is 8.95. The fraction of sp³-hybridized carbons (Fsp3) is 0.300. The van der Waals surface area contributed by atoms with E-state index >= 15 is 0 Å². The number of pyridine rings is 1. The first-order valence-corrected chi connectivity index (χ1v) is 13.3. The third kappa shape index (κ3) is 3.67. The van der Waals surface area contributed by atoms with Crippen molar-refractivity contribution >= 4 is 51.0 Å². The minimum atomic E-state index is -0.228. The summed E-state index contributed by atoms with van der Waals surface area (Å²) >= 11 is 0. The number of carbonyl (C=O) groups is 3. The number of ketones is 2. The molecule has 0 bridgehead atoms. The lowest BCUT2D eigenvalue weighted by atomic mass is 9.97. The van der Waals surface area contributed by atoms with Crippen LogP contribution in [-0.2, 0) is 22.7 Å². The molecule has 0 N–H and O–H groups in total. The molecule has 2 amide bonds. The second-order valence-corrected chi connectivity index (χ2v) is 10.4. The number of piperidine rings is 1. The average Bonchev–Trinajstić information content (AvgIpc) is 3.58. The van der Waals surface area contributed by atoms with Crippen LogP contribution >= 0.6 is 0 Å². The lowest BCUT2D eigenvalue weighted by Gasteiger charge is -2.32. The van der Waals surface area contributed by atoms with Gasteiger partial charge in [-0.05, 0) is 54.5 Å². The maximum absolute atomic E-state index is 13.4. The van der Waals surface area contributed by atoms with Crippen molar-refractivity contribution in [2.75, 3.05) is 19.6 Å². The zero-order valence-electron chi connectivity index (χ0n) is 21.4. The molecule has 1 saturated heterocycles. The molecule has 5 heterocycles. The van der Waals surface area contributed by atoms with Gasteiger partial charge in [0.05, 0.1) is 36.0 Å². The summed E-state index contributed by atoms with van der Waals surface area (Å²) in [7, 11) is 0. The molecule has 194 valence electrons. The lowest BCUT2D eigenvalue weighted by molar-refractivity contribution is -0.119. The van der Waals surface area contributed by atoms with Gasteiger partial charge in [-0.15, -0.1) is 0 Å². The third-order valence-electron chi connectivity index (χ3n) is 8.11. The number of hydrogen-bond acceptors (Lipinski definition) is 4. The smallest absolute Gasteiger partial charge is 0.320 e. The van der Waals surface area contributed by atoms with Crippen LogP contribution in [-0.4, -0.2) is 61.0 Å². The van der Waals surface area contributed by atoms with Gasteiger partial charge >= 0.3 is 6.03 Å². The van der Waals surface area contributed by atoms with Crippen molar-refractivity contribution in [3.8, 4) is 0 Å². The molecule has 9 nitrogen and oxygen atoms in total. The molecule has 39 heavy (non-hydrogen) atoms. The number of benzene rings is 1. The van der Waals surface area contributed by atoms with E-state index < -0.39 is 0 Å². The largest absolute Gasteiger partial charge is 0.345 e. The number of rotatable bonds is 2. The first kappa shape index (κ1) is 23.4. The van der Waals surface area contributed by atoms with Crippen LogP contribution in [0.5, 0.6) is 0 Å². The Hall–Kier alpha value is -4.71. The molecule has 1 fully saturated rings. The van der Waals surface area contributed by atoms with Crippen LogP contribution in [0.4, 0.5) is 10.5 Å². The molecule has 0 unspecified atom stereocenters. The predicted octanol–water partition coefficient (Wildman–Crippen LogP) is 4.71. The Kier molecular flexibility index (Phi) is 5.37. The van der Waals surface area contributed by atoms with Crippen molar-refractivity contribution in [1.82, 2.24) is 23.8 Å². The number of allylic oxidation sites excluding steroid dienone is 2. The number of urea groups is 1. The van der Waals surface area contributed by atoms with E-state index in [4.69, 9.17) is 6.57 Å². The molecule has 9 heteroatoms. The highest BCUT2D eigenvalue weighted by Gasteiger charge is 2.36. The fourth-order valence-corrected chi connectivity index (χ4v) is 6.31. The van der Waals surface area contributed by atoms with Gasteiger partial charge in [-0.25, -0.2) is 14.6 Å². The van der Waals surface area contributed by atoms with E-state index in [1.807, 2.05) is 50.9 Å². The van der Waals surface area contributed by atoms with Crippen molar-refractivity contribution in [2.45, 2.75) is 38.8 Å². The molecular formula is C30H26N6O3. The highest BCUT2D eigenvalue weighted by atomic mass is 16.2. The van der Waals surface area contributed by atoms with Crippen LogP contribution in [0.1, 0.15) is 42.5 Å². The number of likely N-dealkylation sites (tertiary alicyclic amines) is 1. The summed E-state index contributed by atoms with van der Waals surface area (Å²) in [5.74, 6) is -0.456. The molecule has 0 radical (unpaired) electrons. The summed E-state index contributed by atoms with van der Waals surface area (Å²) in [4.78, 5) is 51.9. The van der Waals surface area contributed by atoms with Gasteiger partial charge in [0, 0.05) is 56.3 Å². The molecule has 2 aliphatic heterocycles. The van der Waals surface area contributed by atoms with Gasteiger partial charge < -0.3 is 14.4 Å². The molecule has 3 aromatic heterocycles. The first-order chi connectivity index (χ1) is 19.0. The summed E-state index contributed by atoms with van der Waals surface area (Å²) in [5, 5.41) is 0.759. The van der Waals surface area contributed by atoms with Gasteiger partial charge in [0.15, 0.2) is 17.3 Å². The third-order valence-corrected chi connectivity index (χ3v) is 8.11. The summed E-state index contributed by atoms with van der Waals surface area (Å²) in [6.07, 6.45) is 8.41. The first-order valence-electron chi connectivity index (χ1n) is 13.3. The highest BCUT2D eigenvalue weighted by Crippen LogP contribution is 2.42. The Balaban J connectivity index is 1.39. The van der Waals surface area contributed by atoms with Crippen LogP contribution in [0.2, 0.25) is 0 Å². The van der Waals surface area contributed by atoms with Crippen LogP contribution in [0.15, 0.2) is 48.9 Å². The number of nitrogens with zero attached hydrogens (tertiary/aromatic N) is 6. The van der Waals surface area contributed by atoms with Gasteiger partial charge in [0.2, 0.25) is 0 Å². The summed E-state index contributed by atoms with van der Waals surface area (Å²) in [6.45, 7) is 10.8. The van der Waals surface area contributed by atoms with Gasteiger partial charge in [-0.1, -0.05) is 6.07 Å². The van der Waals surface area contributed by atoms with Crippen molar-refractivity contribution in [3.05, 3.63) is 77.2 Å². The molecule has 0 saturated carbocycles. The minimum Gasteiger partial charge on any atom is -0.345 e. The Morgan fingerprint density at radius 3 is 2.59 bits per heavy atom. The van der Waals surface area contributed by atoms with Crippen LogP contribution < -0.4 is 0 Å². The predicted molar refractivity (Wildman–Crippen MR) is 146 cm³/mol. The van der Waals surface area contributed by atoms with Crippen LogP contribution in [0, 0.1) is 6.57 Å². The quantitative estimate of drug-likeness (QED) is 0.284. The number of hydrogen-bond donors (Lipinski definition) is 0. The van der Waals surface area contributed by atoms with Crippen molar-refractivity contribution in [2.24, 2.45) is 0 Å². The number of imidazole rings is 1. The van der Waals surface area contributed by atoms with E-state index in [1.54, 1.807) is 12.3 Å². The standard InChI is InChI=1S/C30H26N6O3/c1-31-20-13-19-17-35(30(39)33-8-4-2-5-9-33)12-11-34-18-22(21(14-20)29(19)34)27-24(37)15-25(38)28(27)23-16-32-26-7-3-6-10-36(23)26/h3,6-7,10,13-14,16,18H,2,4-5,8-9,11-12,15,17H2. The molecule has 1 aromatic carbocycles. The van der Waals surface area contributed by atoms with E-state index in [9.17, 15) is 14.4 Å². The van der Waals surface area contributed by atoms with Gasteiger partial charge in [-0.3, -0.25) is 14.0 Å². The highest BCUT2D eigenvalue weighted by molar-refractivity contribution is 6.51. The Labute approximate surface area is 224 Å². The van der Waals surface area contributed by atoms with Crippen molar-refractivity contribution in [1.29, 1.82) is 0 Å². The lowest BCUT2D eigenvalue weighted by Crippen LogP contribution is -2.45. The molecule has 7 rings (SSSR count). The number of carbonyl (C=O) groups excluding carboxylic acids is 3. The zero-order valence-corrected chi connectivity index (χ0v) is 21.4. The Morgan fingerprint density at radius 1 is 0.949 bits per heavy atom. The van der Waals surface area contributed by atoms with Gasteiger partial charge in [0.1, 0.15) is 5.65 Å². The molecule has 0 atom stereocenters. The normalized spacial score (nSPS) is 17.8. The van der Waals surface area contributed by atoms with Gasteiger partial charge in [-0.2, -0.15) is 0 Å². The van der Waals surface area contributed by atoms with Crippen molar-refractivity contribution in [3.63, 3.8) is 0 Å². The average molecular weight is 519 g/mol. The number of fused-ring (bicyclic) bond motifs is 1. The second-order valence-electron chi connectivity index (χ2n) is 10.4. The maximum Gasteiger partial charge on any atom is 0.320 e. The summed E-state index contributed by atoms with van der Waals surface area (Å²) in [5.41, 5.74) is 4.91. The molecule has 4 aromatic rings. The van der Waals surface area contributed by atoms with E-state index in [-0.39, 0.29) is 24.0 Å². The van der Waals surface area contributed by atoms with E-state index in [0.29, 0.717) is 53.4 Å². The van der Waals surface area contributed by atoms with E-state index in [2.05, 4.69) is 14.4 Å². The Morgan fingerprint density at radius 2 is 1.77 bits per heavy atom. The molecule has 1 aliphatic carbocycles. The zero-order chi connectivity index (χ0) is 26.7. The van der Waals surface area contributed by atoms with E-state index in [1.165, 1.54) is 0 Å². The summed E-state index contributed by atoms with van der Waals surface area (Å²) in [6, 6.07) is 9.28. The van der Waals surface area contributed by atoms with E-state index in [0.717, 1.165) is 48.8 Å². The number of amides is 2. The van der Waals surface area contributed by atoms with Crippen molar-refractivity contribution < 1.29 is 14.4 Å². The fourth-order valence-electron chi connectivity index (χ4n) is 6.31. The number of aromatic nitrogens is 3. The van der Waals surface area contributed by atoms with Gasteiger partial charge in [0.25, 0.3) is 0 Å². The summed E-state index contributed by atoms with van der Waals surface area (Å²) < 4.78 is 3.90. The molecular weight excluding hydrogens is 492 g/mol. The topological polar surface area (TPSA) is 84.3 Å². The minimum absolute atomic E-state index is 0.0382. The molecule has 3 aliphatic rings. The van der Waals surface area contributed by atoms with Crippen LogP contribution in [0.3, 0.4) is 0 Å². The van der Waals surface area contributed by atoms with Crippen LogP contribution in [0.25, 0.3) is 32.5 Å². The maximum atomic E-state index is 13.4. The monoisotopic (exact) mass is 518 g/mol. The molecule has 0 spiro atoms. The SMILES string of the molecule is [C-]#[N+]c1cc2c3c(c1)c(C1=C(c4cnc5ccccn45)C(=O)CC1=O)cn3CCN(C(=O)N1CCCCC1)C2. The number of Topliss-reactive ketones (excluding diaryl/α,β-unsaturated/α-hetero) is 2. The Bertz CT molecular complexity index is 1780.